The zero-order valence-corrected chi connectivity index (χ0v) is 17.4. The van der Waals surface area contributed by atoms with E-state index in [1.165, 1.54) is 16.1 Å². The lowest BCUT2D eigenvalue weighted by Crippen LogP contribution is -2.44. The van der Waals surface area contributed by atoms with Crippen LogP contribution in [0.4, 0.5) is 5.69 Å². The van der Waals surface area contributed by atoms with E-state index in [-0.39, 0.29) is 11.9 Å². The van der Waals surface area contributed by atoms with Gasteiger partial charge in [0.2, 0.25) is 0 Å². The number of hydrogen-bond donors (Lipinski definition) is 1. The lowest BCUT2D eigenvalue weighted by Gasteiger charge is -2.33. The number of rotatable bonds is 5. The summed E-state index contributed by atoms with van der Waals surface area (Å²) in [5.41, 5.74) is 3.35. The van der Waals surface area contributed by atoms with Crippen LogP contribution in [0.2, 0.25) is 0 Å². The average molecular weight is 396 g/mol. The van der Waals surface area contributed by atoms with E-state index in [4.69, 9.17) is 0 Å². The van der Waals surface area contributed by atoms with Gasteiger partial charge in [-0.1, -0.05) is 30.3 Å². The number of fused-ring (bicyclic) bond motifs is 1. The Kier molecular flexibility index (Phi) is 6.23. The molecule has 0 atom stereocenters. The molecule has 0 bridgehead atoms. The summed E-state index contributed by atoms with van der Waals surface area (Å²) < 4.78 is 0. The standard InChI is InChI=1S/C23H29N3OS/c1-2-26-14-15-28-22-9-8-19(16-21(22)26)23(27)24-20-10-12-25(13-11-20)17-18-6-4-3-5-7-18/h3-9,16,20H,2,10-15,17H2,1H3,(H,24,27). The smallest absolute Gasteiger partial charge is 0.251 e. The quantitative estimate of drug-likeness (QED) is 0.830. The minimum Gasteiger partial charge on any atom is -0.370 e. The molecular formula is C23H29N3OS. The van der Waals surface area contributed by atoms with Crippen LogP contribution in [0.1, 0.15) is 35.7 Å². The molecule has 2 aromatic rings. The number of carbonyl (C=O) groups is 1. The maximum Gasteiger partial charge on any atom is 0.251 e. The molecule has 148 valence electrons. The molecule has 2 heterocycles. The molecule has 4 nitrogen and oxygen atoms in total. The SMILES string of the molecule is CCN1CCSc2ccc(C(=O)NC3CCN(Cc4ccccc4)CC3)cc21. The fraction of sp³-hybridized carbons (Fsp3) is 0.435. The number of hydrogen-bond acceptors (Lipinski definition) is 4. The first-order chi connectivity index (χ1) is 13.7. The summed E-state index contributed by atoms with van der Waals surface area (Å²) in [4.78, 5) is 19.0. The molecule has 5 heteroatoms. The molecule has 2 aliphatic rings. The summed E-state index contributed by atoms with van der Waals surface area (Å²) >= 11 is 1.89. The van der Waals surface area contributed by atoms with E-state index < -0.39 is 0 Å². The first kappa shape index (κ1) is 19.3. The van der Waals surface area contributed by atoms with E-state index in [0.29, 0.717) is 0 Å². The fourth-order valence-corrected chi connectivity index (χ4v) is 5.12. The minimum atomic E-state index is 0.0657. The van der Waals surface area contributed by atoms with Gasteiger partial charge in [-0.25, -0.2) is 0 Å². The molecule has 2 aromatic carbocycles. The monoisotopic (exact) mass is 395 g/mol. The van der Waals surface area contributed by atoms with Crippen LogP contribution in [0.5, 0.6) is 0 Å². The van der Waals surface area contributed by atoms with Crippen molar-refractivity contribution in [3.8, 4) is 0 Å². The molecule has 0 aromatic heterocycles. The molecule has 1 saturated heterocycles. The van der Waals surface area contributed by atoms with E-state index in [1.807, 2.05) is 17.8 Å². The third-order valence-electron chi connectivity index (χ3n) is 5.73. The van der Waals surface area contributed by atoms with E-state index in [1.54, 1.807) is 0 Å². The predicted octanol–water partition coefficient (Wildman–Crippen LogP) is 4.01. The van der Waals surface area contributed by atoms with Crippen LogP contribution in [-0.2, 0) is 6.54 Å². The Hall–Kier alpha value is -1.98. The second kappa shape index (κ2) is 9.01. The number of nitrogens with zero attached hydrogens (tertiary/aromatic N) is 2. The molecule has 1 N–H and O–H groups in total. The molecule has 4 rings (SSSR count). The zero-order chi connectivity index (χ0) is 19.3. The Balaban J connectivity index is 1.32. The molecule has 0 spiro atoms. The Morgan fingerprint density at radius 2 is 1.89 bits per heavy atom. The van der Waals surface area contributed by atoms with Crippen LogP contribution >= 0.6 is 11.8 Å². The number of likely N-dealkylation sites (tertiary alicyclic amines) is 1. The summed E-state index contributed by atoms with van der Waals surface area (Å²) in [5.74, 6) is 1.18. The van der Waals surface area contributed by atoms with Crippen molar-refractivity contribution in [2.24, 2.45) is 0 Å². The van der Waals surface area contributed by atoms with Crippen molar-refractivity contribution in [2.45, 2.75) is 37.2 Å². The first-order valence-corrected chi connectivity index (χ1v) is 11.3. The van der Waals surface area contributed by atoms with E-state index in [9.17, 15) is 4.79 Å². The van der Waals surface area contributed by atoms with Crippen molar-refractivity contribution < 1.29 is 4.79 Å². The van der Waals surface area contributed by atoms with E-state index in [0.717, 1.165) is 56.9 Å². The van der Waals surface area contributed by atoms with Gasteiger partial charge in [-0.15, -0.1) is 11.8 Å². The third kappa shape index (κ3) is 4.53. The summed E-state index contributed by atoms with van der Waals surface area (Å²) in [6.07, 6.45) is 2.03. The van der Waals surface area contributed by atoms with Gasteiger partial charge in [-0.2, -0.15) is 0 Å². The van der Waals surface area contributed by atoms with Gasteiger partial charge in [0.15, 0.2) is 0 Å². The molecule has 28 heavy (non-hydrogen) atoms. The Morgan fingerprint density at radius 1 is 1.11 bits per heavy atom. The van der Waals surface area contributed by atoms with Crippen molar-refractivity contribution in [3.63, 3.8) is 0 Å². The van der Waals surface area contributed by atoms with E-state index in [2.05, 4.69) is 64.5 Å². The molecule has 0 saturated carbocycles. The number of carbonyl (C=O) groups excluding carboxylic acids is 1. The van der Waals surface area contributed by atoms with Gasteiger partial charge in [0.05, 0.1) is 5.69 Å². The van der Waals surface area contributed by atoms with Crippen LogP contribution in [0, 0.1) is 0 Å². The van der Waals surface area contributed by atoms with Gasteiger partial charge >= 0.3 is 0 Å². The van der Waals surface area contributed by atoms with Crippen molar-refractivity contribution >= 4 is 23.4 Å². The van der Waals surface area contributed by atoms with Gasteiger partial charge in [-0.05, 0) is 43.5 Å². The van der Waals surface area contributed by atoms with Gasteiger partial charge in [-0.3, -0.25) is 9.69 Å². The molecule has 2 aliphatic heterocycles. The minimum absolute atomic E-state index is 0.0657. The molecule has 0 radical (unpaired) electrons. The summed E-state index contributed by atoms with van der Waals surface area (Å²) in [6.45, 7) is 7.28. The van der Waals surface area contributed by atoms with Crippen LogP contribution in [-0.4, -0.2) is 48.8 Å². The fourth-order valence-electron chi connectivity index (χ4n) is 4.09. The Labute approximate surface area is 172 Å². The van der Waals surface area contributed by atoms with Gasteiger partial charge < -0.3 is 10.2 Å². The average Bonchev–Trinajstić information content (AvgIpc) is 2.75. The second-order valence-electron chi connectivity index (χ2n) is 7.62. The highest BCUT2D eigenvalue weighted by molar-refractivity contribution is 7.99. The van der Waals surface area contributed by atoms with Crippen molar-refractivity contribution in [1.29, 1.82) is 0 Å². The van der Waals surface area contributed by atoms with Gasteiger partial charge in [0.25, 0.3) is 5.91 Å². The van der Waals surface area contributed by atoms with Crippen molar-refractivity contribution in [1.82, 2.24) is 10.2 Å². The second-order valence-corrected chi connectivity index (χ2v) is 8.76. The largest absolute Gasteiger partial charge is 0.370 e. The van der Waals surface area contributed by atoms with E-state index >= 15 is 0 Å². The number of amides is 1. The molecule has 1 fully saturated rings. The highest BCUT2D eigenvalue weighted by Gasteiger charge is 2.23. The maximum atomic E-state index is 12.8. The maximum absolute atomic E-state index is 12.8. The topological polar surface area (TPSA) is 35.6 Å². The van der Waals surface area contributed by atoms with Gasteiger partial charge in [0, 0.05) is 55.0 Å². The van der Waals surface area contributed by atoms with Crippen LogP contribution in [0.25, 0.3) is 0 Å². The predicted molar refractivity (Wildman–Crippen MR) is 117 cm³/mol. The Bertz CT molecular complexity index is 803. The molecule has 0 aliphatic carbocycles. The van der Waals surface area contributed by atoms with Crippen molar-refractivity contribution in [3.05, 3.63) is 59.7 Å². The number of benzene rings is 2. The summed E-state index contributed by atoms with van der Waals surface area (Å²) in [6, 6.07) is 17.0. The number of piperidine rings is 1. The number of nitrogens with one attached hydrogen (secondary N) is 1. The highest BCUT2D eigenvalue weighted by atomic mass is 32.2. The zero-order valence-electron chi connectivity index (χ0n) is 16.6. The third-order valence-corrected chi connectivity index (χ3v) is 6.78. The van der Waals surface area contributed by atoms with Crippen LogP contribution in [0.15, 0.2) is 53.4 Å². The number of anilines is 1. The van der Waals surface area contributed by atoms with Crippen LogP contribution in [0.3, 0.4) is 0 Å². The first-order valence-electron chi connectivity index (χ1n) is 10.3. The van der Waals surface area contributed by atoms with Crippen molar-refractivity contribution in [2.75, 3.05) is 36.8 Å². The molecular weight excluding hydrogens is 366 g/mol. The van der Waals surface area contributed by atoms with Gasteiger partial charge in [0.1, 0.15) is 0 Å². The highest BCUT2D eigenvalue weighted by Crippen LogP contribution is 2.35. The van der Waals surface area contributed by atoms with Crippen LogP contribution < -0.4 is 10.2 Å². The lowest BCUT2D eigenvalue weighted by atomic mass is 10.0. The number of thioether (sulfide) groups is 1. The summed E-state index contributed by atoms with van der Waals surface area (Å²) in [5, 5.41) is 3.27. The normalized spacial score (nSPS) is 18.0. The Morgan fingerprint density at radius 3 is 2.64 bits per heavy atom. The summed E-state index contributed by atoms with van der Waals surface area (Å²) in [7, 11) is 0. The molecule has 0 unspecified atom stereocenters. The lowest BCUT2D eigenvalue weighted by molar-refractivity contribution is 0.0909. The molecule has 1 amide bonds.